The van der Waals surface area contributed by atoms with Gasteiger partial charge in [0.25, 0.3) is 0 Å². The second kappa shape index (κ2) is 7.27. The van der Waals surface area contributed by atoms with Gasteiger partial charge in [-0.3, -0.25) is 14.4 Å². The van der Waals surface area contributed by atoms with E-state index >= 15 is 0 Å². The van der Waals surface area contributed by atoms with Crippen LogP contribution in [0.25, 0.3) is 0 Å². The van der Waals surface area contributed by atoms with E-state index in [4.69, 9.17) is 5.11 Å². The zero-order valence-electron chi connectivity index (χ0n) is 14.2. The summed E-state index contributed by atoms with van der Waals surface area (Å²) in [6, 6.07) is 6.14. The van der Waals surface area contributed by atoms with Gasteiger partial charge in [0.05, 0.1) is 12.1 Å². The van der Waals surface area contributed by atoms with Gasteiger partial charge in [0.1, 0.15) is 0 Å². The van der Waals surface area contributed by atoms with Crippen LogP contribution < -0.4 is 10.6 Å². The molecule has 2 rings (SSSR count). The van der Waals surface area contributed by atoms with Crippen LogP contribution in [0.2, 0.25) is 0 Å². The van der Waals surface area contributed by atoms with Gasteiger partial charge in [-0.25, -0.2) is 4.98 Å². The van der Waals surface area contributed by atoms with Crippen LogP contribution in [0.3, 0.4) is 0 Å². The van der Waals surface area contributed by atoms with Gasteiger partial charge in [-0.05, 0) is 38.1 Å². The summed E-state index contributed by atoms with van der Waals surface area (Å²) in [5.74, 6) is -1.65. The number of imidazole rings is 1. The number of carbonyl (C=O) groups excluding carboxylic acids is 3. The molecule has 0 aliphatic heterocycles. The summed E-state index contributed by atoms with van der Waals surface area (Å²) < 4.78 is 1.62. The lowest BCUT2D eigenvalue weighted by molar-refractivity contribution is -0.137. The molecule has 25 heavy (non-hydrogen) atoms. The summed E-state index contributed by atoms with van der Waals surface area (Å²) in [6.07, 6.45) is 3.21. The van der Waals surface area contributed by atoms with E-state index in [2.05, 4.69) is 15.6 Å². The normalized spacial score (nSPS) is 11.0. The molecule has 132 valence electrons. The highest BCUT2D eigenvalue weighted by Crippen LogP contribution is 2.13. The summed E-state index contributed by atoms with van der Waals surface area (Å²) in [4.78, 5) is 40.0. The molecule has 0 atom stereocenters. The fraction of sp³-hybridized carbons (Fsp3) is 0.294. The molecule has 0 spiro atoms. The largest absolute Gasteiger partial charge is 0.394 e. The van der Waals surface area contributed by atoms with E-state index in [-0.39, 0.29) is 12.4 Å². The number of rotatable bonds is 5. The molecule has 0 bridgehead atoms. The van der Waals surface area contributed by atoms with Gasteiger partial charge < -0.3 is 20.3 Å². The highest BCUT2D eigenvalue weighted by atomic mass is 16.3. The third-order valence-corrected chi connectivity index (χ3v) is 3.48. The maximum Gasteiger partial charge on any atom is 0.313 e. The van der Waals surface area contributed by atoms with Crippen molar-refractivity contribution in [1.29, 1.82) is 0 Å². The minimum atomic E-state index is -0.896. The lowest BCUT2D eigenvalue weighted by Gasteiger charge is -2.22. The van der Waals surface area contributed by atoms with Gasteiger partial charge in [0.2, 0.25) is 5.78 Å². The highest BCUT2D eigenvalue weighted by molar-refractivity contribution is 6.39. The van der Waals surface area contributed by atoms with Crippen molar-refractivity contribution in [3.63, 3.8) is 0 Å². The van der Waals surface area contributed by atoms with Crippen molar-refractivity contribution in [1.82, 2.24) is 14.9 Å². The molecular formula is C17H20N4O4. The van der Waals surface area contributed by atoms with Crippen LogP contribution in [-0.4, -0.2) is 44.4 Å². The average molecular weight is 344 g/mol. The Morgan fingerprint density at radius 3 is 2.32 bits per heavy atom. The van der Waals surface area contributed by atoms with Crippen molar-refractivity contribution in [3.05, 3.63) is 48.0 Å². The van der Waals surface area contributed by atoms with Gasteiger partial charge in [0, 0.05) is 30.7 Å². The van der Waals surface area contributed by atoms with E-state index in [1.54, 1.807) is 43.8 Å². The van der Waals surface area contributed by atoms with E-state index in [0.29, 0.717) is 17.1 Å². The summed E-state index contributed by atoms with van der Waals surface area (Å²) >= 11 is 0. The third kappa shape index (κ3) is 4.51. The first kappa shape index (κ1) is 18.3. The lowest BCUT2D eigenvalue weighted by atomic mass is 10.1. The molecule has 2 amide bonds. The smallest absolute Gasteiger partial charge is 0.313 e. The van der Waals surface area contributed by atoms with Crippen molar-refractivity contribution in [3.8, 4) is 0 Å². The van der Waals surface area contributed by atoms with Crippen LogP contribution in [0.1, 0.15) is 30.0 Å². The van der Waals surface area contributed by atoms with Gasteiger partial charge >= 0.3 is 11.8 Å². The average Bonchev–Trinajstić information content (AvgIpc) is 3.00. The number of ketones is 1. The van der Waals surface area contributed by atoms with Crippen molar-refractivity contribution in [2.75, 3.05) is 11.9 Å². The lowest BCUT2D eigenvalue weighted by Crippen LogP contribution is -2.50. The molecule has 2 aromatic rings. The minimum absolute atomic E-state index is 0.243. The van der Waals surface area contributed by atoms with Crippen molar-refractivity contribution < 1.29 is 19.5 Å². The van der Waals surface area contributed by atoms with Crippen LogP contribution in [-0.2, 0) is 16.6 Å². The molecular weight excluding hydrogens is 324 g/mol. The maximum absolute atomic E-state index is 12.3. The first-order valence-electron chi connectivity index (χ1n) is 7.60. The molecule has 0 aliphatic rings. The molecule has 0 fully saturated rings. The molecule has 0 saturated carbocycles. The molecule has 0 radical (unpaired) electrons. The summed E-state index contributed by atoms with van der Waals surface area (Å²) in [6.45, 7) is 2.89. The van der Waals surface area contributed by atoms with E-state index in [9.17, 15) is 14.4 Å². The Kier molecular flexibility index (Phi) is 5.33. The predicted octanol–water partition coefficient (Wildman–Crippen LogP) is 0.477. The first-order chi connectivity index (χ1) is 11.7. The van der Waals surface area contributed by atoms with Gasteiger partial charge in [-0.2, -0.15) is 0 Å². The number of aliphatic hydroxyl groups excluding tert-OH is 1. The molecule has 1 aromatic heterocycles. The number of nitrogens with zero attached hydrogens (tertiary/aromatic N) is 2. The molecule has 8 heteroatoms. The molecule has 8 nitrogen and oxygen atoms in total. The van der Waals surface area contributed by atoms with Crippen LogP contribution in [0.5, 0.6) is 0 Å². The number of benzene rings is 1. The number of hydrogen-bond acceptors (Lipinski definition) is 5. The fourth-order valence-corrected chi connectivity index (χ4v) is 2.01. The molecule has 0 aliphatic carbocycles. The number of aryl methyl sites for hydroxylation is 1. The van der Waals surface area contributed by atoms with E-state index in [1.165, 1.54) is 18.3 Å². The number of nitrogens with one attached hydrogen (secondary N) is 2. The Bertz CT molecular complexity index is 793. The van der Waals surface area contributed by atoms with Gasteiger partial charge in [0.15, 0.2) is 5.82 Å². The number of carbonyl (C=O) groups is 3. The van der Waals surface area contributed by atoms with Crippen LogP contribution in [0, 0.1) is 0 Å². The Morgan fingerprint density at radius 2 is 1.80 bits per heavy atom. The van der Waals surface area contributed by atoms with Gasteiger partial charge in [-0.1, -0.05) is 0 Å². The van der Waals surface area contributed by atoms with Gasteiger partial charge in [-0.15, -0.1) is 0 Å². The van der Waals surface area contributed by atoms with E-state index in [1.807, 2.05) is 0 Å². The number of aromatic nitrogens is 2. The standard InChI is InChI=1S/C17H20N4O4/c1-17(2,10-22)20-16(25)15(24)19-12-6-4-11(5-7-12)13(23)14-18-8-9-21(14)3/h4-9,22H,10H2,1-3H3,(H,19,24)(H,20,25). The van der Waals surface area contributed by atoms with Crippen molar-refractivity contribution in [2.24, 2.45) is 7.05 Å². The number of amides is 2. The minimum Gasteiger partial charge on any atom is -0.394 e. The van der Waals surface area contributed by atoms with E-state index in [0.717, 1.165) is 0 Å². The second-order valence-corrected chi connectivity index (χ2v) is 6.22. The number of anilines is 1. The molecule has 0 saturated heterocycles. The topological polar surface area (TPSA) is 113 Å². The monoisotopic (exact) mass is 344 g/mol. The third-order valence-electron chi connectivity index (χ3n) is 3.48. The molecule has 0 unspecified atom stereocenters. The SMILES string of the molecule is Cn1ccnc1C(=O)c1ccc(NC(=O)C(=O)NC(C)(C)CO)cc1. The van der Waals surface area contributed by atoms with E-state index < -0.39 is 17.4 Å². The molecule has 1 heterocycles. The Morgan fingerprint density at radius 1 is 1.16 bits per heavy atom. The van der Waals surface area contributed by atoms with Crippen LogP contribution >= 0.6 is 0 Å². The summed E-state index contributed by atoms with van der Waals surface area (Å²) in [5, 5.41) is 14.0. The van der Waals surface area contributed by atoms with Crippen molar-refractivity contribution in [2.45, 2.75) is 19.4 Å². The maximum atomic E-state index is 12.3. The predicted molar refractivity (Wildman–Crippen MR) is 91.0 cm³/mol. The Hall–Kier alpha value is -3.00. The highest BCUT2D eigenvalue weighted by Gasteiger charge is 2.23. The number of aliphatic hydroxyl groups is 1. The summed E-state index contributed by atoms with van der Waals surface area (Å²) in [7, 11) is 1.72. The molecule has 3 N–H and O–H groups in total. The first-order valence-corrected chi connectivity index (χ1v) is 7.60. The zero-order chi connectivity index (χ0) is 18.6. The Balaban J connectivity index is 2.03. The zero-order valence-corrected chi connectivity index (χ0v) is 14.2. The van der Waals surface area contributed by atoms with Crippen LogP contribution in [0.15, 0.2) is 36.7 Å². The second-order valence-electron chi connectivity index (χ2n) is 6.22. The van der Waals surface area contributed by atoms with Crippen molar-refractivity contribution >= 4 is 23.3 Å². The van der Waals surface area contributed by atoms with Crippen LogP contribution in [0.4, 0.5) is 5.69 Å². The fourth-order valence-electron chi connectivity index (χ4n) is 2.01. The summed E-state index contributed by atoms with van der Waals surface area (Å²) in [5.41, 5.74) is -0.108. The molecule has 1 aromatic carbocycles. The quantitative estimate of drug-likeness (QED) is 0.539. The number of hydrogen-bond donors (Lipinski definition) is 3. The Labute approximate surface area is 144 Å².